The first-order valence-corrected chi connectivity index (χ1v) is 11.3. The van der Waals surface area contributed by atoms with Gasteiger partial charge in [-0.3, -0.25) is 9.20 Å². The van der Waals surface area contributed by atoms with Gasteiger partial charge in [-0.15, -0.1) is 21.5 Å². The zero-order valence-electron chi connectivity index (χ0n) is 16.3. The lowest BCUT2D eigenvalue weighted by Crippen LogP contribution is -2.28. The summed E-state index contributed by atoms with van der Waals surface area (Å²) in [7, 11) is 0. The lowest BCUT2D eigenvalue weighted by Gasteiger charge is -2.19. The van der Waals surface area contributed by atoms with Crippen molar-refractivity contribution in [2.75, 3.05) is 5.75 Å². The van der Waals surface area contributed by atoms with Gasteiger partial charge in [0.25, 0.3) is 11.7 Å². The van der Waals surface area contributed by atoms with Gasteiger partial charge in [-0.05, 0) is 43.5 Å². The Balaban J connectivity index is 1.39. The first kappa shape index (κ1) is 19.0. The highest BCUT2D eigenvalue weighted by Crippen LogP contribution is 2.34. The highest BCUT2D eigenvalue weighted by molar-refractivity contribution is 7.99. The molecule has 0 aliphatic carbocycles. The second-order valence-corrected chi connectivity index (χ2v) is 8.83. The predicted octanol–water partition coefficient (Wildman–Crippen LogP) is 3.87. The third-order valence-corrected chi connectivity index (χ3v) is 6.66. The van der Waals surface area contributed by atoms with Crippen LogP contribution >= 0.6 is 23.1 Å². The van der Waals surface area contributed by atoms with E-state index >= 15 is 0 Å². The monoisotopic (exact) mass is 438 g/mol. The van der Waals surface area contributed by atoms with E-state index in [1.165, 1.54) is 11.8 Å². The number of carbonyl (C=O) groups excluding carboxylic acids is 1. The number of hydrogen-bond donors (Lipinski definition) is 0. The van der Waals surface area contributed by atoms with Gasteiger partial charge < -0.3 is 4.42 Å². The molecule has 0 spiro atoms. The van der Waals surface area contributed by atoms with E-state index in [0.717, 1.165) is 27.7 Å². The number of furan rings is 1. The molecule has 1 atom stereocenters. The van der Waals surface area contributed by atoms with Crippen molar-refractivity contribution in [3.05, 3.63) is 64.0 Å². The quantitative estimate of drug-likeness (QED) is 0.440. The van der Waals surface area contributed by atoms with Gasteiger partial charge in [-0.25, -0.2) is 9.99 Å². The fraction of sp³-hybridized carbons (Fsp3) is 0.250. The first-order valence-electron chi connectivity index (χ1n) is 9.39. The molecule has 0 saturated carbocycles. The smallest absolute Gasteiger partial charge is 0.256 e. The fourth-order valence-corrected chi connectivity index (χ4v) is 5.08. The van der Waals surface area contributed by atoms with Crippen molar-refractivity contribution in [2.24, 2.45) is 5.10 Å². The number of amides is 1. The lowest BCUT2D eigenvalue weighted by molar-refractivity contribution is -0.130. The summed E-state index contributed by atoms with van der Waals surface area (Å²) in [5.41, 5.74) is 2.76. The first-order chi connectivity index (χ1) is 14.6. The van der Waals surface area contributed by atoms with E-state index in [2.05, 4.69) is 20.3 Å². The number of aryl methyl sites for hydroxylation is 2. The van der Waals surface area contributed by atoms with Crippen LogP contribution in [-0.4, -0.2) is 42.0 Å². The maximum Gasteiger partial charge on any atom is 0.256 e. The van der Waals surface area contributed by atoms with Crippen LogP contribution in [0.2, 0.25) is 0 Å². The zero-order chi connectivity index (χ0) is 20.7. The number of rotatable bonds is 5. The molecular weight excluding hydrogens is 420 g/mol. The molecular formula is C20H18N6O2S2. The lowest BCUT2D eigenvalue weighted by atomic mass is 10.1. The minimum Gasteiger partial charge on any atom is -0.467 e. The van der Waals surface area contributed by atoms with Gasteiger partial charge >= 0.3 is 0 Å². The van der Waals surface area contributed by atoms with Crippen LogP contribution in [0.25, 0.3) is 5.78 Å². The topological polar surface area (TPSA) is 88.9 Å². The number of thioether (sulfide) groups is 1. The van der Waals surface area contributed by atoms with Crippen LogP contribution in [0.15, 0.2) is 56.7 Å². The Morgan fingerprint density at radius 1 is 1.30 bits per heavy atom. The molecule has 4 aromatic heterocycles. The summed E-state index contributed by atoms with van der Waals surface area (Å²) >= 11 is 2.95. The molecule has 5 heterocycles. The van der Waals surface area contributed by atoms with Crippen LogP contribution in [0.1, 0.15) is 34.5 Å². The molecule has 0 N–H and O–H groups in total. The van der Waals surface area contributed by atoms with E-state index in [1.807, 2.05) is 54.0 Å². The SMILES string of the molecule is Cc1cc(C)n2c(SCC(=O)N3N=C(c4cccs4)C[C@H]3c3ccco3)nnc2n1. The van der Waals surface area contributed by atoms with Crippen LogP contribution in [0.4, 0.5) is 0 Å². The number of nitrogens with zero attached hydrogens (tertiary/aromatic N) is 6. The second kappa shape index (κ2) is 7.69. The van der Waals surface area contributed by atoms with Crippen LogP contribution in [0, 0.1) is 13.8 Å². The normalized spacial score (nSPS) is 16.4. The molecule has 0 saturated heterocycles. The summed E-state index contributed by atoms with van der Waals surface area (Å²) in [4.78, 5) is 18.6. The van der Waals surface area contributed by atoms with Gasteiger partial charge in [-0.1, -0.05) is 17.8 Å². The van der Waals surface area contributed by atoms with Gasteiger partial charge in [0, 0.05) is 17.8 Å². The van der Waals surface area contributed by atoms with Crippen molar-refractivity contribution in [1.82, 2.24) is 24.6 Å². The highest BCUT2D eigenvalue weighted by atomic mass is 32.2. The molecule has 10 heteroatoms. The van der Waals surface area contributed by atoms with Gasteiger partial charge in [0.05, 0.1) is 22.6 Å². The maximum absolute atomic E-state index is 13.1. The van der Waals surface area contributed by atoms with Crippen molar-refractivity contribution in [2.45, 2.75) is 31.5 Å². The summed E-state index contributed by atoms with van der Waals surface area (Å²) in [6, 6.07) is 9.44. The Hall–Kier alpha value is -2.98. The third-order valence-electron chi connectivity index (χ3n) is 4.83. The van der Waals surface area contributed by atoms with Gasteiger partial charge in [0.1, 0.15) is 11.8 Å². The molecule has 0 aromatic carbocycles. The summed E-state index contributed by atoms with van der Waals surface area (Å²) in [6.07, 6.45) is 2.25. The maximum atomic E-state index is 13.1. The number of hydrazone groups is 1. The number of carbonyl (C=O) groups is 1. The average molecular weight is 439 g/mol. The molecule has 0 radical (unpaired) electrons. The van der Waals surface area contributed by atoms with Gasteiger partial charge in [0.15, 0.2) is 5.16 Å². The van der Waals surface area contributed by atoms with E-state index < -0.39 is 0 Å². The van der Waals surface area contributed by atoms with Crippen LogP contribution < -0.4 is 0 Å². The summed E-state index contributed by atoms with van der Waals surface area (Å²) in [6.45, 7) is 3.89. The van der Waals surface area contributed by atoms with Gasteiger partial charge in [0.2, 0.25) is 0 Å². The molecule has 30 heavy (non-hydrogen) atoms. The Labute approximate surface area is 180 Å². The molecule has 1 aliphatic heterocycles. The number of aromatic nitrogens is 4. The van der Waals surface area contributed by atoms with E-state index in [1.54, 1.807) is 22.6 Å². The van der Waals surface area contributed by atoms with Crippen molar-refractivity contribution >= 4 is 40.5 Å². The molecule has 4 aromatic rings. The minimum atomic E-state index is -0.244. The number of fused-ring (bicyclic) bond motifs is 1. The number of hydrogen-bond acceptors (Lipinski definition) is 8. The molecule has 1 amide bonds. The van der Waals surface area contributed by atoms with Crippen molar-refractivity contribution in [1.29, 1.82) is 0 Å². The Bertz CT molecular complexity index is 1230. The van der Waals surface area contributed by atoms with Crippen LogP contribution in [-0.2, 0) is 4.79 Å². The van der Waals surface area contributed by atoms with E-state index in [0.29, 0.717) is 17.4 Å². The van der Waals surface area contributed by atoms with Crippen LogP contribution in [0.3, 0.4) is 0 Å². The number of thiophene rings is 1. The average Bonchev–Trinajstić information content (AvgIpc) is 3.52. The van der Waals surface area contributed by atoms with Crippen molar-refractivity contribution in [3.8, 4) is 0 Å². The Kier molecular flexibility index (Phi) is 4.87. The van der Waals surface area contributed by atoms with E-state index in [-0.39, 0.29) is 17.7 Å². The molecule has 8 nitrogen and oxygen atoms in total. The summed E-state index contributed by atoms with van der Waals surface area (Å²) in [5, 5.41) is 17.2. The van der Waals surface area contributed by atoms with Crippen molar-refractivity contribution in [3.63, 3.8) is 0 Å². The molecule has 152 valence electrons. The summed E-state index contributed by atoms with van der Waals surface area (Å²) < 4.78 is 7.45. The van der Waals surface area contributed by atoms with Gasteiger partial charge in [-0.2, -0.15) is 5.10 Å². The largest absolute Gasteiger partial charge is 0.467 e. The highest BCUT2D eigenvalue weighted by Gasteiger charge is 2.35. The molecule has 0 unspecified atom stereocenters. The second-order valence-electron chi connectivity index (χ2n) is 6.94. The fourth-order valence-electron chi connectivity index (χ4n) is 3.52. The minimum absolute atomic E-state index is 0.109. The van der Waals surface area contributed by atoms with Crippen molar-refractivity contribution < 1.29 is 9.21 Å². The zero-order valence-corrected chi connectivity index (χ0v) is 18.0. The third kappa shape index (κ3) is 3.41. The Morgan fingerprint density at radius 3 is 2.97 bits per heavy atom. The standard InChI is InChI=1S/C20H18N6O2S2/c1-12-9-13(2)25-19(21-12)22-23-20(25)30-11-18(27)26-15(16-5-3-7-28-16)10-14(24-26)17-6-4-8-29-17/h3-9,15H,10-11H2,1-2H3/t15-/m0/s1. The molecule has 5 rings (SSSR count). The predicted molar refractivity (Wildman–Crippen MR) is 115 cm³/mol. The van der Waals surface area contributed by atoms with Crippen LogP contribution in [0.5, 0.6) is 0 Å². The van der Waals surface area contributed by atoms with E-state index in [4.69, 9.17) is 4.42 Å². The molecule has 0 bridgehead atoms. The molecule has 1 aliphatic rings. The Morgan fingerprint density at radius 2 is 2.20 bits per heavy atom. The summed E-state index contributed by atoms with van der Waals surface area (Å²) in [5.74, 6) is 1.34. The molecule has 0 fully saturated rings. The van der Waals surface area contributed by atoms with E-state index in [9.17, 15) is 4.79 Å².